The molecule has 3 nitrogen and oxygen atoms in total. The monoisotopic (exact) mass is 236 g/mol. The quantitative estimate of drug-likeness (QED) is 0.604. The SMILES string of the molecule is CC(C)=COC=C(C)C.Oc1ccccc1O. The van der Waals surface area contributed by atoms with Crippen LogP contribution >= 0.6 is 0 Å². The fourth-order valence-electron chi connectivity index (χ4n) is 0.770. The second-order valence-corrected chi connectivity index (χ2v) is 4.02. The average molecular weight is 236 g/mol. The summed E-state index contributed by atoms with van der Waals surface area (Å²) in [6, 6.07) is 6.15. The molecule has 0 bridgehead atoms. The van der Waals surface area contributed by atoms with Crippen molar-refractivity contribution in [3.8, 4) is 11.5 Å². The Morgan fingerprint density at radius 3 is 1.47 bits per heavy atom. The van der Waals surface area contributed by atoms with E-state index in [0.717, 1.165) is 0 Å². The minimum Gasteiger partial charge on any atom is -0.504 e. The largest absolute Gasteiger partial charge is 0.504 e. The molecule has 1 aromatic carbocycles. The molecule has 1 aromatic rings. The van der Waals surface area contributed by atoms with Gasteiger partial charge in [-0.2, -0.15) is 0 Å². The van der Waals surface area contributed by atoms with Gasteiger partial charge in [0.2, 0.25) is 0 Å². The highest BCUT2D eigenvalue weighted by Crippen LogP contribution is 2.21. The van der Waals surface area contributed by atoms with Gasteiger partial charge in [-0.1, -0.05) is 12.1 Å². The zero-order valence-corrected chi connectivity index (χ0v) is 10.8. The van der Waals surface area contributed by atoms with Crippen LogP contribution in [0.2, 0.25) is 0 Å². The van der Waals surface area contributed by atoms with Crippen molar-refractivity contribution in [1.82, 2.24) is 0 Å². The van der Waals surface area contributed by atoms with Gasteiger partial charge in [0, 0.05) is 0 Å². The van der Waals surface area contributed by atoms with Crippen molar-refractivity contribution in [2.24, 2.45) is 0 Å². The summed E-state index contributed by atoms with van der Waals surface area (Å²) in [7, 11) is 0. The molecule has 0 saturated heterocycles. The van der Waals surface area contributed by atoms with Crippen LogP contribution in [0.5, 0.6) is 11.5 Å². The van der Waals surface area contributed by atoms with E-state index in [-0.39, 0.29) is 11.5 Å². The molecular formula is C14H20O3. The van der Waals surface area contributed by atoms with Crippen LogP contribution in [0, 0.1) is 0 Å². The zero-order chi connectivity index (χ0) is 13.3. The number of hydrogen-bond acceptors (Lipinski definition) is 3. The van der Waals surface area contributed by atoms with E-state index in [4.69, 9.17) is 14.9 Å². The Labute approximate surface area is 103 Å². The molecule has 0 aliphatic heterocycles. The van der Waals surface area contributed by atoms with Crippen molar-refractivity contribution in [2.75, 3.05) is 0 Å². The van der Waals surface area contributed by atoms with E-state index in [1.807, 2.05) is 27.7 Å². The predicted molar refractivity (Wildman–Crippen MR) is 69.7 cm³/mol. The van der Waals surface area contributed by atoms with Crippen molar-refractivity contribution >= 4 is 0 Å². The molecule has 94 valence electrons. The van der Waals surface area contributed by atoms with Gasteiger partial charge in [-0.3, -0.25) is 0 Å². The Kier molecular flexibility index (Phi) is 7.35. The third kappa shape index (κ3) is 9.05. The molecule has 0 spiro atoms. The molecule has 0 atom stereocenters. The number of para-hydroxylation sites is 2. The van der Waals surface area contributed by atoms with Crippen LogP contribution in [-0.2, 0) is 4.74 Å². The molecule has 0 fully saturated rings. The third-order valence-electron chi connectivity index (χ3n) is 1.49. The Morgan fingerprint density at radius 1 is 0.882 bits per heavy atom. The summed E-state index contributed by atoms with van der Waals surface area (Å²) in [6.07, 6.45) is 3.46. The Bertz CT molecular complexity index is 347. The Hall–Kier alpha value is -1.90. The fraction of sp³-hybridized carbons (Fsp3) is 0.286. The first-order valence-electron chi connectivity index (χ1n) is 5.32. The van der Waals surface area contributed by atoms with Crippen LogP contribution in [0.25, 0.3) is 0 Å². The lowest BCUT2D eigenvalue weighted by Gasteiger charge is -1.91. The molecule has 1 rings (SSSR count). The van der Waals surface area contributed by atoms with Crippen LogP contribution in [0.1, 0.15) is 27.7 Å². The number of aromatic hydroxyl groups is 2. The maximum absolute atomic E-state index is 8.67. The molecule has 0 aliphatic rings. The lowest BCUT2D eigenvalue weighted by Crippen LogP contribution is -1.71. The summed E-state index contributed by atoms with van der Waals surface area (Å²) in [5.74, 6) is -0.153. The van der Waals surface area contributed by atoms with Crippen molar-refractivity contribution in [1.29, 1.82) is 0 Å². The molecule has 17 heavy (non-hydrogen) atoms. The van der Waals surface area contributed by atoms with Gasteiger partial charge in [-0.05, 0) is 51.0 Å². The van der Waals surface area contributed by atoms with E-state index in [2.05, 4.69) is 0 Å². The smallest absolute Gasteiger partial charge is 0.157 e. The molecule has 0 aliphatic carbocycles. The van der Waals surface area contributed by atoms with Gasteiger partial charge in [0.25, 0.3) is 0 Å². The van der Waals surface area contributed by atoms with E-state index in [1.165, 1.54) is 23.3 Å². The number of phenolic OH excluding ortho intramolecular Hbond substituents is 2. The Morgan fingerprint density at radius 2 is 1.24 bits per heavy atom. The van der Waals surface area contributed by atoms with Crippen LogP contribution in [0.3, 0.4) is 0 Å². The summed E-state index contributed by atoms with van der Waals surface area (Å²) >= 11 is 0. The van der Waals surface area contributed by atoms with Gasteiger partial charge in [0.1, 0.15) is 0 Å². The highest BCUT2D eigenvalue weighted by atomic mass is 16.5. The molecule has 3 heteroatoms. The standard InChI is InChI=1S/C8H14O.C6H6O2/c1-7(2)5-9-6-8(3)4;7-5-3-1-2-4-6(5)8/h5-6H,1-4H3;1-4,7-8H. The number of ether oxygens (including phenoxy) is 1. The molecule has 0 unspecified atom stereocenters. The third-order valence-corrected chi connectivity index (χ3v) is 1.49. The van der Waals surface area contributed by atoms with E-state index in [9.17, 15) is 0 Å². The van der Waals surface area contributed by atoms with Gasteiger partial charge in [-0.25, -0.2) is 0 Å². The van der Waals surface area contributed by atoms with Gasteiger partial charge < -0.3 is 14.9 Å². The van der Waals surface area contributed by atoms with Crippen LogP contribution in [-0.4, -0.2) is 10.2 Å². The lowest BCUT2D eigenvalue weighted by atomic mass is 10.3. The van der Waals surface area contributed by atoms with Gasteiger partial charge in [0.05, 0.1) is 12.5 Å². The number of rotatable bonds is 2. The van der Waals surface area contributed by atoms with Crippen LogP contribution in [0.4, 0.5) is 0 Å². The van der Waals surface area contributed by atoms with Crippen molar-refractivity contribution in [2.45, 2.75) is 27.7 Å². The average Bonchev–Trinajstić information content (AvgIpc) is 2.22. The molecular weight excluding hydrogens is 216 g/mol. The van der Waals surface area contributed by atoms with E-state index < -0.39 is 0 Å². The fourth-order valence-corrected chi connectivity index (χ4v) is 0.770. The minimum absolute atomic E-state index is 0.0764. The molecule has 0 heterocycles. The van der Waals surface area contributed by atoms with Gasteiger partial charge >= 0.3 is 0 Å². The summed E-state index contributed by atoms with van der Waals surface area (Å²) in [6.45, 7) is 8.00. The second-order valence-electron chi connectivity index (χ2n) is 4.02. The van der Waals surface area contributed by atoms with Crippen molar-refractivity contribution in [3.05, 3.63) is 47.9 Å². The summed E-state index contributed by atoms with van der Waals surface area (Å²) in [5, 5.41) is 17.3. The first-order valence-corrected chi connectivity index (χ1v) is 5.32. The first kappa shape index (κ1) is 15.1. The topological polar surface area (TPSA) is 49.7 Å². The first-order chi connectivity index (χ1) is 7.93. The normalized spacial score (nSPS) is 8.47. The maximum Gasteiger partial charge on any atom is 0.157 e. The molecule has 0 amide bonds. The van der Waals surface area contributed by atoms with Crippen molar-refractivity contribution < 1.29 is 14.9 Å². The molecule has 0 saturated carbocycles. The number of phenols is 2. The maximum atomic E-state index is 8.67. The zero-order valence-electron chi connectivity index (χ0n) is 10.8. The van der Waals surface area contributed by atoms with Crippen LogP contribution in [0.15, 0.2) is 47.9 Å². The molecule has 0 aromatic heterocycles. The molecule has 2 N–H and O–H groups in total. The highest BCUT2D eigenvalue weighted by Gasteiger charge is 1.90. The molecule has 0 radical (unpaired) electrons. The van der Waals surface area contributed by atoms with Gasteiger partial charge in [-0.15, -0.1) is 0 Å². The highest BCUT2D eigenvalue weighted by molar-refractivity contribution is 5.36. The Balaban J connectivity index is 0.000000302. The van der Waals surface area contributed by atoms with Crippen molar-refractivity contribution in [3.63, 3.8) is 0 Å². The van der Waals surface area contributed by atoms with E-state index in [1.54, 1.807) is 24.7 Å². The number of hydrogen-bond donors (Lipinski definition) is 2. The van der Waals surface area contributed by atoms with Gasteiger partial charge in [0.15, 0.2) is 11.5 Å². The number of benzene rings is 1. The minimum atomic E-state index is -0.0764. The predicted octanol–water partition coefficient (Wildman–Crippen LogP) is 3.95. The van der Waals surface area contributed by atoms with Crippen LogP contribution < -0.4 is 0 Å². The van der Waals surface area contributed by atoms with E-state index >= 15 is 0 Å². The summed E-state index contributed by atoms with van der Waals surface area (Å²) < 4.78 is 5.03. The summed E-state index contributed by atoms with van der Waals surface area (Å²) in [4.78, 5) is 0. The summed E-state index contributed by atoms with van der Waals surface area (Å²) in [5.41, 5.74) is 2.35. The van der Waals surface area contributed by atoms with E-state index in [0.29, 0.717) is 0 Å². The number of allylic oxidation sites excluding steroid dienone is 2. The second kappa shape index (κ2) is 8.28. The lowest BCUT2D eigenvalue weighted by molar-refractivity contribution is 0.393.